The van der Waals surface area contributed by atoms with Gasteiger partial charge in [0, 0.05) is 23.7 Å². The SMILES string of the molecule is CCCN[C@@H](CCO)C(=O)O.[Fe]. The van der Waals surface area contributed by atoms with E-state index in [1.165, 1.54) is 0 Å². The van der Waals surface area contributed by atoms with Crippen LogP contribution in [0.2, 0.25) is 0 Å². The van der Waals surface area contributed by atoms with Crippen molar-refractivity contribution in [1.29, 1.82) is 0 Å². The van der Waals surface area contributed by atoms with E-state index >= 15 is 0 Å². The van der Waals surface area contributed by atoms with Gasteiger partial charge < -0.3 is 15.5 Å². The van der Waals surface area contributed by atoms with Gasteiger partial charge in [-0.2, -0.15) is 0 Å². The molecule has 0 aliphatic rings. The number of carbonyl (C=O) groups is 1. The third-order valence-corrected chi connectivity index (χ3v) is 1.36. The zero-order valence-electron chi connectivity index (χ0n) is 7.06. The quantitative estimate of drug-likeness (QED) is 0.540. The summed E-state index contributed by atoms with van der Waals surface area (Å²) in [6.45, 7) is 2.55. The molecule has 0 saturated heterocycles. The molecule has 0 spiro atoms. The maximum absolute atomic E-state index is 10.4. The number of hydrogen-bond donors (Lipinski definition) is 3. The average Bonchev–Trinajstić information content (AvgIpc) is 1.97. The molecule has 0 unspecified atom stereocenters. The minimum absolute atomic E-state index is 0. The van der Waals surface area contributed by atoms with Crippen molar-refractivity contribution >= 4 is 5.97 Å². The Hall–Kier alpha value is -0.0905. The summed E-state index contributed by atoms with van der Waals surface area (Å²) in [5, 5.41) is 19.8. The summed E-state index contributed by atoms with van der Waals surface area (Å²) in [6, 6.07) is -0.597. The summed E-state index contributed by atoms with van der Waals surface area (Å²) in [7, 11) is 0. The average molecular weight is 217 g/mol. The Kier molecular flexibility index (Phi) is 10.8. The van der Waals surface area contributed by atoms with Crippen molar-refractivity contribution in [1.82, 2.24) is 5.32 Å². The molecule has 0 aliphatic heterocycles. The largest absolute Gasteiger partial charge is 0.480 e. The van der Waals surface area contributed by atoms with Gasteiger partial charge >= 0.3 is 5.97 Å². The van der Waals surface area contributed by atoms with Crippen molar-refractivity contribution in [2.24, 2.45) is 0 Å². The number of aliphatic carboxylic acids is 1. The smallest absolute Gasteiger partial charge is 0.320 e. The Morgan fingerprint density at radius 1 is 1.58 bits per heavy atom. The molecule has 0 fully saturated rings. The molecule has 1 atom stereocenters. The fraction of sp³-hybridized carbons (Fsp3) is 0.857. The first-order chi connectivity index (χ1) is 5.22. The van der Waals surface area contributed by atoms with Crippen LogP contribution in [0.3, 0.4) is 0 Å². The monoisotopic (exact) mass is 217 g/mol. The van der Waals surface area contributed by atoms with Crippen LogP contribution >= 0.6 is 0 Å². The van der Waals surface area contributed by atoms with E-state index in [0.29, 0.717) is 6.54 Å². The summed E-state index contributed by atoms with van der Waals surface area (Å²) in [5.41, 5.74) is 0. The second kappa shape index (κ2) is 9.00. The van der Waals surface area contributed by atoms with Crippen molar-refractivity contribution in [2.45, 2.75) is 25.8 Å². The van der Waals surface area contributed by atoms with Gasteiger partial charge in [-0.3, -0.25) is 4.79 Å². The number of carboxylic acid groups (broad SMARTS) is 1. The maximum atomic E-state index is 10.4. The van der Waals surface area contributed by atoms with Crippen LogP contribution in [-0.4, -0.2) is 35.4 Å². The number of hydrogen-bond acceptors (Lipinski definition) is 3. The molecule has 0 aromatic heterocycles. The predicted octanol–water partition coefficient (Wildman–Crippen LogP) is -0.181. The van der Waals surface area contributed by atoms with Crippen molar-refractivity contribution in [3.05, 3.63) is 0 Å². The van der Waals surface area contributed by atoms with E-state index in [1.54, 1.807) is 0 Å². The molecule has 0 rings (SSSR count). The van der Waals surface area contributed by atoms with Crippen LogP contribution in [0, 0.1) is 0 Å². The molecule has 0 aromatic carbocycles. The van der Waals surface area contributed by atoms with Crippen LogP contribution in [0.4, 0.5) is 0 Å². The number of rotatable bonds is 6. The van der Waals surface area contributed by atoms with Gasteiger partial charge in [-0.1, -0.05) is 6.92 Å². The van der Waals surface area contributed by atoms with E-state index < -0.39 is 12.0 Å². The molecular weight excluding hydrogens is 202 g/mol. The van der Waals surface area contributed by atoms with Gasteiger partial charge in [0.1, 0.15) is 6.04 Å². The van der Waals surface area contributed by atoms with E-state index in [9.17, 15) is 4.79 Å². The summed E-state index contributed by atoms with van der Waals surface area (Å²) in [5.74, 6) is -0.896. The van der Waals surface area contributed by atoms with Gasteiger partial charge in [-0.15, -0.1) is 0 Å². The summed E-state index contributed by atoms with van der Waals surface area (Å²) < 4.78 is 0. The van der Waals surface area contributed by atoms with Crippen LogP contribution in [0.25, 0.3) is 0 Å². The summed E-state index contributed by atoms with van der Waals surface area (Å²) in [4.78, 5) is 10.4. The van der Waals surface area contributed by atoms with Gasteiger partial charge in [0.15, 0.2) is 0 Å². The third-order valence-electron chi connectivity index (χ3n) is 1.36. The molecule has 0 aromatic rings. The Morgan fingerprint density at radius 3 is 2.50 bits per heavy atom. The number of carboxylic acids is 1. The molecule has 0 heterocycles. The van der Waals surface area contributed by atoms with E-state index in [-0.39, 0.29) is 30.1 Å². The molecule has 0 saturated carbocycles. The van der Waals surface area contributed by atoms with E-state index in [1.807, 2.05) is 6.92 Å². The van der Waals surface area contributed by atoms with Crippen molar-refractivity contribution < 1.29 is 32.1 Å². The van der Waals surface area contributed by atoms with Crippen LogP contribution in [-0.2, 0) is 21.9 Å². The molecule has 0 aliphatic carbocycles. The van der Waals surface area contributed by atoms with Crippen molar-refractivity contribution in [2.75, 3.05) is 13.2 Å². The maximum Gasteiger partial charge on any atom is 0.320 e. The Labute approximate surface area is 82.8 Å². The fourth-order valence-electron chi connectivity index (χ4n) is 0.761. The normalized spacial score (nSPS) is 11.8. The van der Waals surface area contributed by atoms with Gasteiger partial charge in [0.05, 0.1) is 0 Å². The first kappa shape index (κ1) is 14.4. The molecule has 3 N–H and O–H groups in total. The molecule has 0 radical (unpaired) electrons. The van der Waals surface area contributed by atoms with Gasteiger partial charge in [0.2, 0.25) is 0 Å². The van der Waals surface area contributed by atoms with Gasteiger partial charge in [0.25, 0.3) is 0 Å². The van der Waals surface area contributed by atoms with Crippen molar-refractivity contribution in [3.63, 3.8) is 0 Å². The topological polar surface area (TPSA) is 69.6 Å². The standard InChI is InChI=1S/C7H15NO3.Fe/c1-2-4-8-6(3-5-9)7(10)11;/h6,8-9H,2-5H2,1H3,(H,10,11);/t6-;/m0./s1. The number of aliphatic hydroxyl groups is 1. The van der Waals surface area contributed by atoms with E-state index in [2.05, 4.69) is 5.32 Å². The van der Waals surface area contributed by atoms with Crippen LogP contribution < -0.4 is 5.32 Å². The first-order valence-electron chi connectivity index (χ1n) is 3.79. The minimum atomic E-state index is -0.896. The first-order valence-corrected chi connectivity index (χ1v) is 3.79. The van der Waals surface area contributed by atoms with Crippen molar-refractivity contribution in [3.8, 4) is 0 Å². The predicted molar refractivity (Wildman–Crippen MR) is 41.4 cm³/mol. The van der Waals surface area contributed by atoms with E-state index in [0.717, 1.165) is 6.42 Å². The zero-order valence-corrected chi connectivity index (χ0v) is 8.17. The van der Waals surface area contributed by atoms with Gasteiger partial charge in [-0.25, -0.2) is 0 Å². The zero-order chi connectivity index (χ0) is 8.69. The minimum Gasteiger partial charge on any atom is -0.480 e. The van der Waals surface area contributed by atoms with Crippen LogP contribution in [0.15, 0.2) is 0 Å². The fourth-order valence-corrected chi connectivity index (χ4v) is 0.761. The molecular formula is C7H15FeNO3. The van der Waals surface area contributed by atoms with Crippen LogP contribution in [0.1, 0.15) is 19.8 Å². The number of aliphatic hydroxyl groups excluding tert-OH is 1. The molecule has 5 heteroatoms. The Morgan fingerprint density at radius 2 is 2.17 bits per heavy atom. The Bertz CT molecular complexity index is 121. The molecule has 4 nitrogen and oxygen atoms in total. The second-order valence-electron chi connectivity index (χ2n) is 2.36. The van der Waals surface area contributed by atoms with Gasteiger partial charge in [-0.05, 0) is 19.4 Å². The molecule has 0 amide bonds. The Balaban J connectivity index is 0. The summed E-state index contributed by atoms with van der Waals surface area (Å²) in [6.07, 6.45) is 1.17. The summed E-state index contributed by atoms with van der Waals surface area (Å²) >= 11 is 0. The molecule has 74 valence electrons. The third kappa shape index (κ3) is 6.61. The van der Waals surface area contributed by atoms with Crippen LogP contribution in [0.5, 0.6) is 0 Å². The molecule has 0 bridgehead atoms. The number of nitrogens with one attached hydrogen (secondary N) is 1. The second-order valence-corrected chi connectivity index (χ2v) is 2.36. The molecule has 12 heavy (non-hydrogen) atoms. The van der Waals surface area contributed by atoms with E-state index in [4.69, 9.17) is 10.2 Å².